The number of carbonyl (C=O) groups is 1. The van der Waals surface area contributed by atoms with Crippen molar-refractivity contribution < 1.29 is 18.3 Å². The molecule has 0 aliphatic carbocycles. The number of carboxylic acids is 1. The van der Waals surface area contributed by atoms with Crippen molar-refractivity contribution in [2.75, 3.05) is 31.6 Å². The number of rotatable bonds is 7. The molecule has 1 saturated heterocycles. The maximum atomic E-state index is 11.5. The first-order valence-corrected chi connectivity index (χ1v) is 8.95. The van der Waals surface area contributed by atoms with Crippen LogP contribution in [0.1, 0.15) is 33.1 Å². The van der Waals surface area contributed by atoms with Crippen molar-refractivity contribution in [2.45, 2.75) is 44.7 Å². The van der Waals surface area contributed by atoms with Crippen LogP contribution in [0.3, 0.4) is 0 Å². The highest BCUT2D eigenvalue weighted by Gasteiger charge is 2.35. The fourth-order valence-electron chi connectivity index (χ4n) is 2.79. The average Bonchev–Trinajstić information content (AvgIpc) is 2.36. The lowest BCUT2D eigenvalue weighted by molar-refractivity contribution is -0.145. The van der Waals surface area contributed by atoms with Gasteiger partial charge in [0.05, 0.1) is 11.5 Å². The summed E-state index contributed by atoms with van der Waals surface area (Å²) >= 11 is 0. The van der Waals surface area contributed by atoms with E-state index in [9.17, 15) is 18.3 Å². The third kappa shape index (κ3) is 4.17. The van der Waals surface area contributed by atoms with E-state index in [1.54, 1.807) is 7.05 Å². The Morgan fingerprint density at radius 2 is 2.15 bits per heavy atom. The van der Waals surface area contributed by atoms with Gasteiger partial charge in [-0.3, -0.25) is 9.69 Å². The predicted molar refractivity (Wildman–Crippen MR) is 78.6 cm³/mol. The van der Waals surface area contributed by atoms with E-state index >= 15 is 0 Å². The molecule has 6 nitrogen and oxygen atoms in total. The molecule has 1 aliphatic rings. The van der Waals surface area contributed by atoms with Crippen LogP contribution in [0, 0.1) is 0 Å². The molecule has 20 heavy (non-hydrogen) atoms. The van der Waals surface area contributed by atoms with Crippen molar-refractivity contribution in [3.8, 4) is 0 Å². The Hall–Kier alpha value is -0.660. The number of sulfone groups is 1. The smallest absolute Gasteiger partial charge is 0.323 e. The fraction of sp³-hybridized carbons (Fsp3) is 0.923. The molecule has 0 aromatic rings. The molecular formula is C13H26N2O4S. The van der Waals surface area contributed by atoms with Crippen LogP contribution in [0.4, 0.5) is 0 Å². The third-order valence-corrected chi connectivity index (χ3v) is 6.14. The van der Waals surface area contributed by atoms with Gasteiger partial charge in [0.2, 0.25) is 0 Å². The van der Waals surface area contributed by atoms with Crippen LogP contribution in [0.25, 0.3) is 0 Å². The Morgan fingerprint density at radius 3 is 2.60 bits per heavy atom. The Balaban J connectivity index is 2.50. The van der Waals surface area contributed by atoms with Gasteiger partial charge in [0.25, 0.3) is 0 Å². The molecule has 0 amide bonds. The molecule has 7 heteroatoms. The number of nitrogens with one attached hydrogen (secondary N) is 1. The van der Waals surface area contributed by atoms with Crippen LogP contribution in [-0.4, -0.2) is 67.6 Å². The minimum absolute atomic E-state index is 0.0178. The van der Waals surface area contributed by atoms with E-state index in [-0.39, 0.29) is 17.5 Å². The van der Waals surface area contributed by atoms with E-state index in [0.29, 0.717) is 19.4 Å². The summed E-state index contributed by atoms with van der Waals surface area (Å²) in [6.07, 6.45) is 1.82. The fourth-order valence-corrected chi connectivity index (χ4v) is 4.42. The zero-order chi connectivity index (χ0) is 15.4. The van der Waals surface area contributed by atoms with Gasteiger partial charge in [-0.15, -0.1) is 0 Å². The first-order chi connectivity index (χ1) is 9.26. The lowest BCUT2D eigenvalue weighted by Gasteiger charge is -2.34. The van der Waals surface area contributed by atoms with Gasteiger partial charge in [-0.1, -0.05) is 6.92 Å². The molecule has 0 bridgehead atoms. The van der Waals surface area contributed by atoms with Crippen LogP contribution in [0.5, 0.6) is 0 Å². The molecule has 1 rings (SSSR count). The Morgan fingerprint density at radius 1 is 1.50 bits per heavy atom. The van der Waals surface area contributed by atoms with Crippen molar-refractivity contribution in [1.29, 1.82) is 0 Å². The molecular weight excluding hydrogens is 280 g/mol. The van der Waals surface area contributed by atoms with E-state index in [4.69, 9.17) is 0 Å². The zero-order valence-electron chi connectivity index (χ0n) is 12.6. The number of carboxylic acid groups (broad SMARTS) is 1. The number of hydrogen-bond acceptors (Lipinski definition) is 5. The van der Waals surface area contributed by atoms with Gasteiger partial charge >= 0.3 is 5.97 Å². The van der Waals surface area contributed by atoms with Crippen molar-refractivity contribution in [2.24, 2.45) is 0 Å². The summed E-state index contributed by atoms with van der Waals surface area (Å²) in [7, 11) is -1.21. The molecule has 0 radical (unpaired) electrons. The molecule has 2 unspecified atom stereocenters. The van der Waals surface area contributed by atoms with Gasteiger partial charge in [0.15, 0.2) is 9.84 Å². The minimum Gasteiger partial charge on any atom is -0.480 e. The second-order valence-electron chi connectivity index (χ2n) is 5.59. The first-order valence-electron chi connectivity index (χ1n) is 7.13. The molecule has 118 valence electrons. The maximum absolute atomic E-state index is 11.5. The van der Waals surface area contributed by atoms with Gasteiger partial charge in [-0.05, 0) is 39.8 Å². The van der Waals surface area contributed by atoms with E-state index in [0.717, 1.165) is 13.0 Å². The van der Waals surface area contributed by atoms with Gasteiger partial charge in [-0.25, -0.2) is 8.42 Å². The molecule has 0 aromatic carbocycles. The second kappa shape index (κ2) is 6.87. The van der Waals surface area contributed by atoms with Crippen LogP contribution < -0.4 is 5.32 Å². The van der Waals surface area contributed by atoms with E-state index in [2.05, 4.69) is 10.2 Å². The molecule has 0 saturated carbocycles. The lowest BCUT2D eigenvalue weighted by Crippen LogP contribution is -2.51. The molecule has 2 atom stereocenters. The number of hydrogen-bond donors (Lipinski definition) is 2. The zero-order valence-corrected chi connectivity index (χ0v) is 13.4. The van der Waals surface area contributed by atoms with Crippen molar-refractivity contribution >= 4 is 15.8 Å². The predicted octanol–water partition coefficient (Wildman–Crippen LogP) is 0.338. The summed E-state index contributed by atoms with van der Waals surface area (Å²) < 4.78 is 23.0. The Bertz CT molecular complexity index is 432. The van der Waals surface area contributed by atoms with Gasteiger partial charge in [0.1, 0.15) is 5.54 Å². The minimum atomic E-state index is -2.89. The highest BCUT2D eigenvalue weighted by atomic mass is 32.2. The van der Waals surface area contributed by atoms with Crippen molar-refractivity contribution in [3.05, 3.63) is 0 Å². The van der Waals surface area contributed by atoms with Crippen LogP contribution in [0.15, 0.2) is 0 Å². The summed E-state index contributed by atoms with van der Waals surface area (Å²) in [6.45, 7) is 5.07. The van der Waals surface area contributed by atoms with Crippen LogP contribution in [-0.2, 0) is 14.6 Å². The highest BCUT2D eigenvalue weighted by Crippen LogP contribution is 2.19. The largest absolute Gasteiger partial charge is 0.480 e. The van der Waals surface area contributed by atoms with Crippen molar-refractivity contribution in [1.82, 2.24) is 10.2 Å². The number of nitrogens with zero attached hydrogens (tertiary/aromatic N) is 1. The number of aliphatic carboxylic acids is 1. The summed E-state index contributed by atoms with van der Waals surface area (Å²) in [5, 5.41) is 12.2. The van der Waals surface area contributed by atoms with E-state index < -0.39 is 21.3 Å². The number of likely N-dealkylation sites (N-methyl/N-ethyl adjacent to an activating group) is 1. The van der Waals surface area contributed by atoms with Gasteiger partial charge in [-0.2, -0.15) is 0 Å². The SMILES string of the molecule is CCC(CCCN1CCS(=O)(=O)CC1C)(NC)C(=O)O. The van der Waals surface area contributed by atoms with E-state index in [1.807, 2.05) is 13.8 Å². The average molecular weight is 306 g/mol. The summed E-state index contributed by atoms with van der Waals surface area (Å²) in [4.78, 5) is 13.5. The van der Waals surface area contributed by atoms with Crippen LogP contribution in [0.2, 0.25) is 0 Å². The normalized spacial score (nSPS) is 26.1. The Labute approximate surface area is 121 Å². The standard InChI is InChI=1S/C13H26N2O4S/c1-4-13(14-3,12(16)17)6-5-7-15-8-9-20(18,19)10-11(15)2/h11,14H,4-10H2,1-3H3,(H,16,17). The molecule has 0 spiro atoms. The van der Waals surface area contributed by atoms with Gasteiger partial charge in [0, 0.05) is 12.6 Å². The van der Waals surface area contributed by atoms with Crippen molar-refractivity contribution in [3.63, 3.8) is 0 Å². The molecule has 1 heterocycles. The van der Waals surface area contributed by atoms with E-state index in [1.165, 1.54) is 0 Å². The maximum Gasteiger partial charge on any atom is 0.323 e. The monoisotopic (exact) mass is 306 g/mol. The quantitative estimate of drug-likeness (QED) is 0.705. The molecule has 2 N–H and O–H groups in total. The van der Waals surface area contributed by atoms with Gasteiger partial charge < -0.3 is 10.4 Å². The third-order valence-electron chi connectivity index (χ3n) is 4.35. The molecule has 1 aliphatic heterocycles. The topological polar surface area (TPSA) is 86.7 Å². The summed E-state index contributed by atoms with van der Waals surface area (Å²) in [6, 6.07) is 0.0178. The second-order valence-corrected chi connectivity index (χ2v) is 7.82. The summed E-state index contributed by atoms with van der Waals surface area (Å²) in [5.74, 6) is -0.408. The summed E-state index contributed by atoms with van der Waals surface area (Å²) in [5.41, 5.74) is -0.870. The molecule has 0 aromatic heterocycles. The lowest BCUT2D eigenvalue weighted by atomic mass is 9.90. The molecule has 1 fully saturated rings. The first kappa shape index (κ1) is 17.4. The van der Waals surface area contributed by atoms with Crippen LogP contribution >= 0.6 is 0 Å². The Kier molecular flexibility index (Phi) is 5.97. The highest BCUT2D eigenvalue weighted by molar-refractivity contribution is 7.91.